The largest absolute Gasteiger partial charge is 0.327 e. The van der Waals surface area contributed by atoms with E-state index in [1.54, 1.807) is 0 Å². The fourth-order valence-electron chi connectivity index (χ4n) is 2.90. The van der Waals surface area contributed by atoms with Gasteiger partial charge in [0.05, 0.1) is 0 Å². The van der Waals surface area contributed by atoms with Gasteiger partial charge in [0.25, 0.3) is 0 Å². The molecule has 14 heavy (non-hydrogen) atoms. The molecule has 3 atom stereocenters. The Morgan fingerprint density at radius 2 is 2.07 bits per heavy atom. The van der Waals surface area contributed by atoms with Gasteiger partial charge in [0.15, 0.2) is 0 Å². The van der Waals surface area contributed by atoms with E-state index in [0.717, 1.165) is 17.6 Å². The summed E-state index contributed by atoms with van der Waals surface area (Å²) in [5.41, 5.74) is 6.36. The summed E-state index contributed by atoms with van der Waals surface area (Å²) < 4.78 is 0. The van der Waals surface area contributed by atoms with Crippen molar-refractivity contribution in [3.8, 4) is 0 Å². The zero-order valence-corrected chi connectivity index (χ0v) is 10.1. The smallest absolute Gasteiger partial charge is 0.0241 e. The highest BCUT2D eigenvalue weighted by molar-refractivity contribution is 7.80. The van der Waals surface area contributed by atoms with E-state index in [2.05, 4.69) is 31.4 Å². The number of fused-ring (bicyclic) bond motifs is 1. The van der Waals surface area contributed by atoms with Crippen LogP contribution in [-0.4, -0.2) is 35.3 Å². The minimum atomic E-state index is 0.243. The van der Waals surface area contributed by atoms with Crippen LogP contribution in [0.3, 0.4) is 0 Å². The number of hydrogen-bond donors (Lipinski definition) is 2. The molecule has 82 valence electrons. The van der Waals surface area contributed by atoms with Gasteiger partial charge in [-0.2, -0.15) is 12.6 Å². The molecular weight excluding hydrogens is 192 g/mol. The average Bonchev–Trinajstić information content (AvgIpc) is 2.69. The Labute approximate surface area is 92.6 Å². The standard InChI is InChI=1S/C11H22N2S/c1-11(2,7-14)13-5-8-3-4-10(12)9(8)6-13/h8-10,14H,3-7,12H2,1-2H3/t8-,9+,10-/m1/s1. The predicted molar refractivity (Wildman–Crippen MR) is 63.7 cm³/mol. The summed E-state index contributed by atoms with van der Waals surface area (Å²) >= 11 is 4.43. The van der Waals surface area contributed by atoms with Crippen LogP contribution in [0.15, 0.2) is 0 Å². The van der Waals surface area contributed by atoms with Crippen molar-refractivity contribution in [3.63, 3.8) is 0 Å². The molecule has 1 saturated heterocycles. The van der Waals surface area contributed by atoms with E-state index in [9.17, 15) is 0 Å². The van der Waals surface area contributed by atoms with Crippen molar-refractivity contribution in [1.29, 1.82) is 0 Å². The van der Waals surface area contributed by atoms with Crippen LogP contribution in [0.1, 0.15) is 26.7 Å². The molecule has 2 nitrogen and oxygen atoms in total. The number of likely N-dealkylation sites (tertiary alicyclic amines) is 1. The summed E-state index contributed by atoms with van der Waals surface area (Å²) in [6.07, 6.45) is 2.58. The third-order valence-corrected chi connectivity index (χ3v) is 4.93. The van der Waals surface area contributed by atoms with Crippen molar-refractivity contribution in [3.05, 3.63) is 0 Å². The molecule has 2 N–H and O–H groups in total. The molecular formula is C11H22N2S. The van der Waals surface area contributed by atoms with Crippen LogP contribution in [0.5, 0.6) is 0 Å². The van der Waals surface area contributed by atoms with Crippen molar-refractivity contribution >= 4 is 12.6 Å². The van der Waals surface area contributed by atoms with Crippen LogP contribution >= 0.6 is 12.6 Å². The Bertz CT molecular complexity index is 217. The first-order chi connectivity index (χ1) is 6.54. The van der Waals surface area contributed by atoms with E-state index in [-0.39, 0.29) is 5.54 Å². The minimum absolute atomic E-state index is 0.243. The van der Waals surface area contributed by atoms with Crippen LogP contribution in [-0.2, 0) is 0 Å². The molecule has 1 aliphatic carbocycles. The summed E-state index contributed by atoms with van der Waals surface area (Å²) in [5, 5.41) is 0. The monoisotopic (exact) mass is 214 g/mol. The maximum absolute atomic E-state index is 6.12. The van der Waals surface area contributed by atoms with Gasteiger partial charge in [-0.05, 0) is 38.5 Å². The third kappa shape index (κ3) is 1.70. The van der Waals surface area contributed by atoms with Gasteiger partial charge in [-0.15, -0.1) is 0 Å². The summed E-state index contributed by atoms with van der Waals surface area (Å²) in [6, 6.07) is 0.459. The lowest BCUT2D eigenvalue weighted by Gasteiger charge is -2.35. The van der Waals surface area contributed by atoms with Crippen LogP contribution in [0.4, 0.5) is 0 Å². The highest BCUT2D eigenvalue weighted by atomic mass is 32.1. The van der Waals surface area contributed by atoms with Crippen molar-refractivity contribution < 1.29 is 0 Å². The van der Waals surface area contributed by atoms with E-state index in [1.807, 2.05) is 0 Å². The fraction of sp³-hybridized carbons (Fsp3) is 1.00. The Balaban J connectivity index is 2.02. The highest BCUT2D eigenvalue weighted by Gasteiger charge is 2.44. The second-order valence-corrected chi connectivity index (χ2v) is 5.86. The molecule has 2 aliphatic rings. The number of hydrogen-bond acceptors (Lipinski definition) is 3. The van der Waals surface area contributed by atoms with Crippen molar-refractivity contribution in [1.82, 2.24) is 4.90 Å². The Morgan fingerprint density at radius 3 is 2.64 bits per heavy atom. The number of rotatable bonds is 2. The SMILES string of the molecule is CC(C)(CS)N1C[C@H]2CC[C@@H](N)[C@H]2C1. The lowest BCUT2D eigenvalue weighted by molar-refractivity contribution is 0.164. The lowest BCUT2D eigenvalue weighted by atomic mass is 9.98. The maximum atomic E-state index is 6.12. The molecule has 2 fully saturated rings. The Kier molecular flexibility index (Phi) is 2.84. The quantitative estimate of drug-likeness (QED) is 0.680. The molecule has 0 spiro atoms. The van der Waals surface area contributed by atoms with Crippen molar-refractivity contribution in [2.75, 3.05) is 18.8 Å². The molecule has 1 aliphatic heterocycles. The molecule has 0 aromatic rings. The van der Waals surface area contributed by atoms with Gasteiger partial charge >= 0.3 is 0 Å². The summed E-state index contributed by atoms with van der Waals surface area (Å²) in [5.74, 6) is 2.56. The van der Waals surface area contributed by atoms with Gasteiger partial charge in [-0.1, -0.05) is 0 Å². The summed E-state index contributed by atoms with van der Waals surface area (Å²) in [6.45, 7) is 7.00. The predicted octanol–water partition coefficient (Wildman–Crippen LogP) is 1.36. The van der Waals surface area contributed by atoms with Crippen LogP contribution < -0.4 is 5.73 Å². The van der Waals surface area contributed by atoms with Gasteiger partial charge in [-0.3, -0.25) is 4.90 Å². The van der Waals surface area contributed by atoms with E-state index in [0.29, 0.717) is 6.04 Å². The molecule has 0 amide bonds. The molecule has 0 bridgehead atoms. The van der Waals surface area contributed by atoms with E-state index in [1.165, 1.54) is 25.9 Å². The van der Waals surface area contributed by atoms with Gasteiger partial charge < -0.3 is 5.73 Å². The second-order valence-electron chi connectivity index (χ2n) is 5.54. The van der Waals surface area contributed by atoms with Gasteiger partial charge in [0, 0.05) is 30.4 Å². The third-order valence-electron chi connectivity index (χ3n) is 4.16. The topological polar surface area (TPSA) is 29.3 Å². The van der Waals surface area contributed by atoms with Crippen molar-refractivity contribution in [2.45, 2.75) is 38.3 Å². The van der Waals surface area contributed by atoms with E-state index >= 15 is 0 Å². The van der Waals surface area contributed by atoms with Gasteiger partial charge in [-0.25, -0.2) is 0 Å². The number of nitrogens with zero attached hydrogens (tertiary/aromatic N) is 1. The first-order valence-corrected chi connectivity index (χ1v) is 6.29. The van der Waals surface area contributed by atoms with Gasteiger partial charge in [0.2, 0.25) is 0 Å². The molecule has 0 aromatic heterocycles. The molecule has 0 aromatic carbocycles. The Morgan fingerprint density at radius 1 is 1.36 bits per heavy atom. The summed E-state index contributed by atoms with van der Waals surface area (Å²) in [7, 11) is 0. The molecule has 0 unspecified atom stereocenters. The molecule has 3 heteroatoms. The highest BCUT2D eigenvalue weighted by Crippen LogP contribution is 2.39. The first-order valence-electron chi connectivity index (χ1n) is 5.66. The van der Waals surface area contributed by atoms with E-state index in [4.69, 9.17) is 5.73 Å². The van der Waals surface area contributed by atoms with Crippen LogP contribution in [0.25, 0.3) is 0 Å². The van der Waals surface area contributed by atoms with Crippen LogP contribution in [0.2, 0.25) is 0 Å². The lowest BCUT2D eigenvalue weighted by Crippen LogP contribution is -2.45. The number of nitrogens with two attached hydrogens (primary N) is 1. The van der Waals surface area contributed by atoms with Crippen LogP contribution in [0, 0.1) is 11.8 Å². The number of thiol groups is 1. The Hall–Kier alpha value is 0.270. The average molecular weight is 214 g/mol. The molecule has 2 rings (SSSR count). The normalized spacial score (nSPS) is 39.0. The van der Waals surface area contributed by atoms with E-state index < -0.39 is 0 Å². The summed E-state index contributed by atoms with van der Waals surface area (Å²) in [4.78, 5) is 2.58. The van der Waals surface area contributed by atoms with Gasteiger partial charge in [0.1, 0.15) is 0 Å². The zero-order valence-electron chi connectivity index (χ0n) is 9.24. The zero-order chi connectivity index (χ0) is 10.3. The molecule has 0 radical (unpaired) electrons. The minimum Gasteiger partial charge on any atom is -0.327 e. The molecule has 1 saturated carbocycles. The maximum Gasteiger partial charge on any atom is 0.0241 e. The molecule has 1 heterocycles. The van der Waals surface area contributed by atoms with Crippen molar-refractivity contribution in [2.24, 2.45) is 17.6 Å². The first kappa shape index (κ1) is 10.8. The fourth-order valence-corrected chi connectivity index (χ4v) is 3.10. The second kappa shape index (κ2) is 3.69.